The number of amides is 2. The van der Waals surface area contributed by atoms with E-state index >= 15 is 0 Å². The minimum Gasteiger partial charge on any atom is -0.391 e. The van der Waals surface area contributed by atoms with E-state index in [2.05, 4.69) is 10.6 Å². The maximum Gasteiger partial charge on any atom is 0.322 e. The Morgan fingerprint density at radius 1 is 1.12 bits per heavy atom. The van der Waals surface area contributed by atoms with Gasteiger partial charge in [0.1, 0.15) is 6.23 Å². The first-order valence-corrected chi connectivity index (χ1v) is 10.9. The third-order valence-corrected chi connectivity index (χ3v) is 6.07. The lowest BCUT2D eigenvalue weighted by Crippen LogP contribution is -2.47. The average molecular weight is 472 g/mol. The molecule has 1 fully saturated rings. The molecule has 174 valence electrons. The van der Waals surface area contributed by atoms with Crippen LogP contribution in [-0.4, -0.2) is 55.4 Å². The molecule has 2 heterocycles. The zero-order chi connectivity index (χ0) is 23.7. The molecule has 0 radical (unpaired) electrons. The van der Waals surface area contributed by atoms with Crippen LogP contribution in [0.15, 0.2) is 59.4 Å². The summed E-state index contributed by atoms with van der Waals surface area (Å²) >= 11 is 5.88. The van der Waals surface area contributed by atoms with E-state index in [9.17, 15) is 19.8 Å². The summed E-state index contributed by atoms with van der Waals surface area (Å²) in [7, 11) is 1.81. The van der Waals surface area contributed by atoms with Crippen molar-refractivity contribution in [2.24, 2.45) is 7.05 Å². The minimum absolute atomic E-state index is 0.109. The van der Waals surface area contributed by atoms with Crippen molar-refractivity contribution < 1.29 is 15.0 Å². The van der Waals surface area contributed by atoms with E-state index in [1.54, 1.807) is 64.0 Å². The molecule has 9 nitrogen and oxygen atoms in total. The molecule has 1 aromatic heterocycles. The van der Waals surface area contributed by atoms with Crippen LogP contribution in [0.3, 0.4) is 0 Å². The summed E-state index contributed by atoms with van der Waals surface area (Å²) in [6, 6.07) is 14.2. The number of hydrogen-bond acceptors (Lipinski definition) is 5. The number of anilines is 2. The first kappa shape index (κ1) is 22.9. The van der Waals surface area contributed by atoms with Gasteiger partial charge in [-0.3, -0.25) is 9.48 Å². The number of carbonyl (C=O) groups excluding carboxylic acids is 1. The second-order valence-corrected chi connectivity index (χ2v) is 8.58. The Labute approximate surface area is 195 Å². The van der Waals surface area contributed by atoms with E-state index in [1.165, 1.54) is 4.90 Å². The van der Waals surface area contributed by atoms with Gasteiger partial charge in [-0.05, 0) is 61.9 Å². The predicted molar refractivity (Wildman–Crippen MR) is 127 cm³/mol. The molecular weight excluding hydrogens is 446 g/mol. The van der Waals surface area contributed by atoms with Crippen LogP contribution in [0.25, 0.3) is 5.69 Å². The van der Waals surface area contributed by atoms with Gasteiger partial charge in [-0.2, -0.15) is 0 Å². The second kappa shape index (κ2) is 9.30. The van der Waals surface area contributed by atoms with Gasteiger partial charge in [-0.25, -0.2) is 9.48 Å². The number of rotatable bonds is 5. The van der Waals surface area contributed by atoms with Gasteiger partial charge in [0, 0.05) is 41.8 Å². The Kier molecular flexibility index (Phi) is 6.46. The monoisotopic (exact) mass is 471 g/mol. The topological polar surface area (TPSA) is 112 Å². The quantitative estimate of drug-likeness (QED) is 0.427. The highest BCUT2D eigenvalue weighted by Crippen LogP contribution is 2.24. The van der Waals surface area contributed by atoms with Crippen molar-refractivity contribution in [3.8, 4) is 5.69 Å². The van der Waals surface area contributed by atoms with Gasteiger partial charge >= 0.3 is 6.03 Å². The average Bonchev–Trinajstić information content (AvgIpc) is 3.29. The molecule has 1 aliphatic rings. The van der Waals surface area contributed by atoms with E-state index in [1.807, 2.05) is 14.0 Å². The molecule has 0 spiro atoms. The summed E-state index contributed by atoms with van der Waals surface area (Å²) in [6.07, 6.45) is -1.61. The van der Waals surface area contributed by atoms with Crippen LogP contribution in [0, 0.1) is 6.92 Å². The second-order valence-electron chi connectivity index (χ2n) is 8.14. The van der Waals surface area contributed by atoms with E-state index in [0.717, 1.165) is 5.69 Å². The fourth-order valence-corrected chi connectivity index (χ4v) is 4.14. The number of likely N-dealkylation sites (tertiary alicyclic amines) is 1. The number of benzene rings is 2. The molecule has 10 heteroatoms. The molecule has 1 unspecified atom stereocenters. The molecular formula is C23H26ClN5O4. The number of carbonyl (C=O) groups is 1. The normalized spacial score (nSPS) is 18.9. The maximum absolute atomic E-state index is 12.8. The number of nitrogens with zero attached hydrogens (tertiary/aromatic N) is 3. The summed E-state index contributed by atoms with van der Waals surface area (Å²) in [4.78, 5) is 26.4. The van der Waals surface area contributed by atoms with Gasteiger partial charge in [0.15, 0.2) is 0 Å². The zero-order valence-electron chi connectivity index (χ0n) is 18.3. The van der Waals surface area contributed by atoms with Gasteiger partial charge in [-0.1, -0.05) is 11.6 Å². The van der Waals surface area contributed by atoms with E-state index in [4.69, 9.17) is 11.6 Å². The van der Waals surface area contributed by atoms with Gasteiger partial charge < -0.3 is 25.7 Å². The van der Waals surface area contributed by atoms with Crippen LogP contribution in [0.2, 0.25) is 5.02 Å². The number of β-amino-alcohol motifs (C(OH)–C–C–N with tert-alkyl or cyclic N) is 1. The van der Waals surface area contributed by atoms with Crippen molar-refractivity contribution in [3.63, 3.8) is 0 Å². The molecule has 3 aromatic rings. The van der Waals surface area contributed by atoms with Gasteiger partial charge in [-0.15, -0.1) is 0 Å². The Hall–Kier alpha value is -3.27. The molecule has 0 bridgehead atoms. The maximum atomic E-state index is 12.8. The lowest BCUT2D eigenvalue weighted by molar-refractivity contribution is 0.109. The number of aliphatic hydroxyl groups excluding tert-OH is 2. The Balaban J connectivity index is 1.45. The molecule has 4 N–H and O–H groups in total. The molecule has 4 rings (SSSR count). The molecule has 1 saturated heterocycles. The lowest BCUT2D eigenvalue weighted by Gasteiger charge is -2.29. The van der Waals surface area contributed by atoms with Crippen molar-refractivity contribution >= 4 is 29.0 Å². The third-order valence-electron chi connectivity index (χ3n) is 5.82. The highest BCUT2D eigenvalue weighted by molar-refractivity contribution is 6.30. The predicted octanol–water partition coefficient (Wildman–Crippen LogP) is 2.54. The zero-order valence-corrected chi connectivity index (χ0v) is 19.0. The summed E-state index contributed by atoms with van der Waals surface area (Å²) < 4.78 is 3.31. The fraction of sp³-hybridized carbons (Fsp3) is 0.304. The fourth-order valence-electron chi connectivity index (χ4n) is 4.01. The summed E-state index contributed by atoms with van der Waals surface area (Å²) in [5.41, 5.74) is 2.58. The molecule has 0 saturated carbocycles. The van der Waals surface area contributed by atoms with Crippen molar-refractivity contribution in [1.29, 1.82) is 0 Å². The smallest absolute Gasteiger partial charge is 0.322 e. The third kappa shape index (κ3) is 4.90. The summed E-state index contributed by atoms with van der Waals surface area (Å²) in [5.74, 6) is 0. The van der Waals surface area contributed by atoms with E-state index < -0.39 is 24.4 Å². The molecule has 1 aliphatic heterocycles. The molecule has 33 heavy (non-hydrogen) atoms. The van der Waals surface area contributed by atoms with Crippen molar-refractivity contribution in [2.75, 3.05) is 17.2 Å². The summed E-state index contributed by atoms with van der Waals surface area (Å²) in [6.45, 7) is 1.96. The molecule has 0 aliphatic carbocycles. The Morgan fingerprint density at radius 3 is 2.36 bits per heavy atom. The van der Waals surface area contributed by atoms with E-state index in [-0.39, 0.29) is 18.5 Å². The molecule has 2 amide bonds. The van der Waals surface area contributed by atoms with Crippen molar-refractivity contribution in [2.45, 2.75) is 31.7 Å². The number of nitrogens with one attached hydrogen (secondary N) is 2. The lowest BCUT2D eigenvalue weighted by atomic mass is 10.1. The van der Waals surface area contributed by atoms with Gasteiger partial charge in [0.05, 0.1) is 17.8 Å². The Morgan fingerprint density at radius 2 is 1.76 bits per heavy atom. The number of aliphatic hydroxyl groups is 2. The number of aryl methyl sites for hydroxylation is 1. The molecule has 2 aromatic carbocycles. The van der Waals surface area contributed by atoms with Gasteiger partial charge in [0.2, 0.25) is 0 Å². The number of hydrogen-bond donors (Lipinski definition) is 4. The highest BCUT2D eigenvalue weighted by Gasteiger charge is 2.38. The standard InChI is InChI=1S/C23H26ClN5O4/c1-14-11-21(31)29(27(14)2)18-9-7-16(8-10-18)25-22(32)20-12-19(30)13-28(20)23(33)26-17-5-3-15(24)4-6-17/h3-11,19-20,22,25,30,32H,12-13H2,1-2H3,(H,26,33)/t19-,20-,22?/m1/s1. The number of halogens is 1. The van der Waals surface area contributed by atoms with Crippen LogP contribution < -0.4 is 16.2 Å². The number of aromatic nitrogens is 2. The van der Waals surface area contributed by atoms with Crippen LogP contribution in [0.5, 0.6) is 0 Å². The first-order chi connectivity index (χ1) is 15.7. The van der Waals surface area contributed by atoms with Gasteiger partial charge in [0.25, 0.3) is 5.56 Å². The van der Waals surface area contributed by atoms with Crippen LogP contribution >= 0.6 is 11.6 Å². The Bertz CT molecular complexity index is 1190. The van der Waals surface area contributed by atoms with Crippen molar-refractivity contribution in [3.05, 3.63) is 75.7 Å². The highest BCUT2D eigenvalue weighted by atomic mass is 35.5. The first-order valence-electron chi connectivity index (χ1n) is 10.5. The minimum atomic E-state index is -1.11. The van der Waals surface area contributed by atoms with E-state index in [0.29, 0.717) is 22.1 Å². The molecule has 3 atom stereocenters. The largest absolute Gasteiger partial charge is 0.391 e. The number of urea groups is 1. The SMILES string of the molecule is Cc1cc(=O)n(-c2ccc(NC(O)[C@H]3C[C@@H](O)CN3C(=O)Nc3ccc(Cl)cc3)cc2)n1C. The van der Waals surface area contributed by atoms with Crippen LogP contribution in [0.4, 0.5) is 16.2 Å². The summed E-state index contributed by atoms with van der Waals surface area (Å²) in [5, 5.41) is 27.2. The van der Waals surface area contributed by atoms with Crippen molar-refractivity contribution in [1.82, 2.24) is 14.3 Å². The van der Waals surface area contributed by atoms with Crippen LogP contribution in [-0.2, 0) is 7.05 Å². The van der Waals surface area contributed by atoms with Crippen LogP contribution in [0.1, 0.15) is 12.1 Å².